The fourth-order valence-electron chi connectivity index (χ4n) is 3.54. The van der Waals surface area contributed by atoms with Crippen LogP contribution < -0.4 is 5.32 Å². The first-order valence-electron chi connectivity index (χ1n) is 10.6. The number of hydrogen-bond acceptors (Lipinski definition) is 4. The molecule has 1 N–H and O–H groups in total. The molecule has 0 unspecified atom stereocenters. The van der Waals surface area contributed by atoms with Crippen molar-refractivity contribution in [3.63, 3.8) is 0 Å². The van der Waals surface area contributed by atoms with Crippen LogP contribution in [0.25, 0.3) is 0 Å². The van der Waals surface area contributed by atoms with Crippen LogP contribution in [-0.4, -0.2) is 36.7 Å². The number of halogens is 1. The van der Waals surface area contributed by atoms with E-state index in [0.717, 1.165) is 31.4 Å². The number of hydrogen-bond donors (Lipinski definition) is 1. The summed E-state index contributed by atoms with van der Waals surface area (Å²) in [5, 5.41) is 2.72. The molecule has 8 heteroatoms. The van der Waals surface area contributed by atoms with Crippen LogP contribution in [0.2, 0.25) is 0 Å². The second-order valence-corrected chi connectivity index (χ2v) is 9.52. The Kier molecular flexibility index (Phi) is 6.82. The standard InChI is InChI=1S/C25H22FN3O3S/c26-23-13-11-20(18-24(23)33(31,32)29-15-4-1-5-16-29)25(30)28-22-9-6-7-19(17-22)10-12-21-8-2-3-14-27-21/h2-3,6-9,11,13-14,17-18H,1,4-5,15-16H2,(H,28,30). The zero-order valence-electron chi connectivity index (χ0n) is 17.8. The van der Waals surface area contributed by atoms with Gasteiger partial charge in [0.25, 0.3) is 5.91 Å². The highest BCUT2D eigenvalue weighted by Gasteiger charge is 2.29. The molecule has 0 atom stereocenters. The lowest BCUT2D eigenvalue weighted by Crippen LogP contribution is -2.36. The third-order valence-electron chi connectivity index (χ3n) is 5.25. The number of piperidine rings is 1. The minimum atomic E-state index is -4.01. The van der Waals surface area contributed by atoms with Gasteiger partial charge in [0.2, 0.25) is 10.0 Å². The summed E-state index contributed by atoms with van der Waals surface area (Å²) in [6, 6.07) is 15.8. The van der Waals surface area contributed by atoms with Crippen LogP contribution in [0.1, 0.15) is 40.9 Å². The first-order valence-corrected chi connectivity index (χ1v) is 12.0. The summed E-state index contributed by atoms with van der Waals surface area (Å²) >= 11 is 0. The first-order chi connectivity index (χ1) is 15.9. The lowest BCUT2D eigenvalue weighted by molar-refractivity contribution is 0.102. The van der Waals surface area contributed by atoms with E-state index < -0.39 is 26.6 Å². The van der Waals surface area contributed by atoms with Crippen molar-refractivity contribution in [2.24, 2.45) is 0 Å². The maximum atomic E-state index is 14.4. The average molecular weight is 464 g/mol. The lowest BCUT2D eigenvalue weighted by Gasteiger charge is -2.26. The summed E-state index contributed by atoms with van der Waals surface area (Å²) in [7, 11) is -4.01. The van der Waals surface area contributed by atoms with Crippen LogP contribution in [0, 0.1) is 17.7 Å². The number of pyridine rings is 1. The van der Waals surface area contributed by atoms with E-state index in [0.29, 0.717) is 30.0 Å². The number of nitrogens with zero attached hydrogens (tertiary/aromatic N) is 2. The Hall–Kier alpha value is -3.54. The van der Waals surface area contributed by atoms with Crippen LogP contribution in [0.5, 0.6) is 0 Å². The number of nitrogens with one attached hydrogen (secondary N) is 1. The molecule has 1 aromatic heterocycles. The van der Waals surface area contributed by atoms with Crippen molar-refractivity contribution in [3.05, 3.63) is 89.5 Å². The van der Waals surface area contributed by atoms with E-state index in [1.54, 1.807) is 42.6 Å². The van der Waals surface area contributed by atoms with Gasteiger partial charge in [0.1, 0.15) is 16.4 Å². The van der Waals surface area contributed by atoms with Crippen molar-refractivity contribution < 1.29 is 17.6 Å². The van der Waals surface area contributed by atoms with Crippen molar-refractivity contribution in [1.82, 2.24) is 9.29 Å². The number of sulfonamides is 1. The number of rotatable bonds is 4. The summed E-state index contributed by atoms with van der Waals surface area (Å²) in [4.78, 5) is 16.5. The van der Waals surface area contributed by atoms with Gasteiger partial charge in [0.05, 0.1) is 0 Å². The third kappa shape index (κ3) is 5.45. The Labute approximate surface area is 192 Å². The van der Waals surface area contributed by atoms with Crippen LogP contribution >= 0.6 is 0 Å². The predicted molar refractivity (Wildman–Crippen MR) is 124 cm³/mol. The highest BCUT2D eigenvalue weighted by Crippen LogP contribution is 2.24. The Balaban J connectivity index is 1.54. The summed E-state index contributed by atoms with van der Waals surface area (Å²) < 4.78 is 41.5. The molecule has 33 heavy (non-hydrogen) atoms. The van der Waals surface area contributed by atoms with Crippen molar-refractivity contribution in [3.8, 4) is 11.8 Å². The number of amides is 1. The molecule has 2 aromatic carbocycles. The number of carbonyl (C=O) groups excluding carboxylic acids is 1. The maximum absolute atomic E-state index is 14.4. The molecule has 3 aromatic rings. The normalized spacial score (nSPS) is 14.2. The molecule has 0 aliphatic carbocycles. The highest BCUT2D eigenvalue weighted by atomic mass is 32.2. The van der Waals surface area contributed by atoms with Gasteiger partial charge in [-0.3, -0.25) is 4.79 Å². The van der Waals surface area contributed by atoms with Crippen molar-refractivity contribution in [2.45, 2.75) is 24.2 Å². The van der Waals surface area contributed by atoms with Gasteiger partial charge in [-0.1, -0.05) is 24.5 Å². The molecule has 0 spiro atoms. The van der Waals surface area contributed by atoms with Gasteiger partial charge < -0.3 is 5.32 Å². The molecule has 2 heterocycles. The molecular formula is C25H22FN3O3S. The molecule has 0 saturated carbocycles. The Morgan fingerprint density at radius 1 is 0.970 bits per heavy atom. The summed E-state index contributed by atoms with van der Waals surface area (Å²) in [6.45, 7) is 0.703. The van der Waals surface area contributed by atoms with Crippen molar-refractivity contribution in [2.75, 3.05) is 18.4 Å². The number of aromatic nitrogens is 1. The Bertz CT molecular complexity index is 1330. The zero-order chi connectivity index (χ0) is 23.3. The van der Waals surface area contributed by atoms with E-state index in [1.165, 1.54) is 10.4 Å². The van der Waals surface area contributed by atoms with Crippen molar-refractivity contribution in [1.29, 1.82) is 0 Å². The zero-order valence-corrected chi connectivity index (χ0v) is 18.6. The van der Waals surface area contributed by atoms with Gasteiger partial charge in [-0.25, -0.2) is 17.8 Å². The minimum Gasteiger partial charge on any atom is -0.322 e. The average Bonchev–Trinajstić information content (AvgIpc) is 2.84. The molecule has 1 fully saturated rings. The van der Waals surface area contributed by atoms with Crippen LogP contribution in [0.4, 0.5) is 10.1 Å². The van der Waals surface area contributed by atoms with Gasteiger partial charge in [-0.15, -0.1) is 0 Å². The molecule has 0 radical (unpaired) electrons. The molecule has 1 aliphatic heterocycles. The SMILES string of the molecule is O=C(Nc1cccc(C#Cc2ccccn2)c1)c1ccc(F)c(S(=O)(=O)N2CCCCC2)c1. The van der Waals surface area contributed by atoms with E-state index in [2.05, 4.69) is 22.1 Å². The van der Waals surface area contributed by atoms with E-state index in [-0.39, 0.29) is 5.56 Å². The molecule has 6 nitrogen and oxygen atoms in total. The topological polar surface area (TPSA) is 79.4 Å². The number of carbonyl (C=O) groups is 1. The van der Waals surface area contributed by atoms with Crippen molar-refractivity contribution >= 4 is 21.6 Å². The van der Waals surface area contributed by atoms with E-state index in [1.807, 2.05) is 6.07 Å². The van der Waals surface area contributed by atoms with Gasteiger partial charge >= 0.3 is 0 Å². The first kappa shape index (κ1) is 22.6. The number of benzene rings is 2. The third-order valence-corrected chi connectivity index (χ3v) is 7.16. The summed E-state index contributed by atoms with van der Waals surface area (Å²) in [5.41, 5.74) is 1.83. The van der Waals surface area contributed by atoms with E-state index >= 15 is 0 Å². The fraction of sp³-hybridized carbons (Fsp3) is 0.200. The number of anilines is 1. The summed E-state index contributed by atoms with van der Waals surface area (Å²) in [6.07, 6.45) is 4.08. The fourth-order valence-corrected chi connectivity index (χ4v) is 5.14. The second kappa shape index (κ2) is 9.94. The molecule has 1 saturated heterocycles. The van der Waals surface area contributed by atoms with Gasteiger partial charge in [-0.05, 0) is 67.3 Å². The minimum absolute atomic E-state index is 0.0527. The molecule has 0 bridgehead atoms. The van der Waals surface area contributed by atoms with Gasteiger partial charge in [0, 0.05) is 36.1 Å². The second-order valence-electron chi connectivity index (χ2n) is 7.61. The lowest BCUT2D eigenvalue weighted by atomic mass is 10.1. The van der Waals surface area contributed by atoms with Gasteiger partial charge in [-0.2, -0.15) is 4.31 Å². The van der Waals surface area contributed by atoms with Crippen LogP contribution in [0.15, 0.2) is 71.8 Å². The largest absolute Gasteiger partial charge is 0.322 e. The quantitative estimate of drug-likeness (QED) is 0.592. The van der Waals surface area contributed by atoms with Gasteiger partial charge in [0.15, 0.2) is 0 Å². The van der Waals surface area contributed by atoms with Crippen LogP contribution in [0.3, 0.4) is 0 Å². The smallest absolute Gasteiger partial charge is 0.255 e. The Morgan fingerprint density at radius 3 is 2.55 bits per heavy atom. The molecule has 168 valence electrons. The highest BCUT2D eigenvalue weighted by molar-refractivity contribution is 7.89. The summed E-state index contributed by atoms with van der Waals surface area (Å²) in [5.74, 6) is 4.52. The monoisotopic (exact) mass is 463 g/mol. The maximum Gasteiger partial charge on any atom is 0.255 e. The van der Waals surface area contributed by atoms with E-state index in [4.69, 9.17) is 0 Å². The molecular weight excluding hydrogens is 441 g/mol. The van der Waals surface area contributed by atoms with Crippen LogP contribution in [-0.2, 0) is 10.0 Å². The molecule has 1 amide bonds. The predicted octanol–water partition coefficient (Wildman–Crippen LogP) is 4.05. The van der Waals surface area contributed by atoms with E-state index in [9.17, 15) is 17.6 Å². The molecule has 4 rings (SSSR count). The molecule has 1 aliphatic rings. The Morgan fingerprint density at radius 2 is 1.79 bits per heavy atom.